The molecule has 2 aliphatic rings. The molecule has 0 saturated heterocycles. The third-order valence-electron chi connectivity index (χ3n) is 1.73. The smallest absolute Gasteiger partial charge is 0.203 e. The van der Waals surface area contributed by atoms with Gasteiger partial charge in [-0.2, -0.15) is 0 Å². The highest BCUT2D eigenvalue weighted by Gasteiger charge is 2.19. The minimum atomic E-state index is 0.0648. The molecule has 0 saturated carbocycles. The van der Waals surface area contributed by atoms with Gasteiger partial charge in [0.1, 0.15) is 5.71 Å². The van der Waals surface area contributed by atoms with E-state index in [-0.39, 0.29) is 5.78 Å². The minimum Gasteiger partial charge on any atom is -0.288 e. The minimum absolute atomic E-state index is 0.0648. The lowest BCUT2D eigenvalue weighted by Crippen LogP contribution is -2.12. The quantitative estimate of drug-likeness (QED) is 0.451. The molecule has 0 spiro atoms. The molecule has 0 N–H and O–H groups in total. The molecule has 0 aromatic rings. The van der Waals surface area contributed by atoms with Crippen LogP contribution in [0.4, 0.5) is 0 Å². The molecule has 50 valence electrons. The lowest BCUT2D eigenvalue weighted by Gasteiger charge is -2.00. The summed E-state index contributed by atoms with van der Waals surface area (Å²) in [5, 5.41) is 0. The highest BCUT2D eigenvalue weighted by Crippen LogP contribution is 2.16. The molecule has 10 heavy (non-hydrogen) atoms. The molecule has 0 radical (unpaired) electrons. The SMILES string of the molecule is O=C1C=CC=C2CCN=C12. The monoisotopic (exact) mass is 133 g/mol. The number of aliphatic imine (C=N–C) groups is 1. The van der Waals surface area contributed by atoms with Gasteiger partial charge < -0.3 is 0 Å². The van der Waals surface area contributed by atoms with Crippen LogP contribution in [-0.2, 0) is 4.79 Å². The zero-order valence-corrected chi connectivity index (χ0v) is 5.50. The van der Waals surface area contributed by atoms with Crippen LogP contribution in [0, 0.1) is 0 Å². The molecule has 0 bridgehead atoms. The van der Waals surface area contributed by atoms with Crippen molar-refractivity contribution in [1.29, 1.82) is 0 Å². The highest BCUT2D eigenvalue weighted by atomic mass is 16.1. The summed E-state index contributed by atoms with van der Waals surface area (Å²) in [6, 6.07) is 0. The predicted molar refractivity (Wildman–Crippen MR) is 39.1 cm³/mol. The zero-order valence-electron chi connectivity index (χ0n) is 5.50. The van der Waals surface area contributed by atoms with Gasteiger partial charge in [0, 0.05) is 6.54 Å². The normalized spacial score (nSPS) is 22.2. The van der Waals surface area contributed by atoms with E-state index in [0.29, 0.717) is 5.71 Å². The van der Waals surface area contributed by atoms with Crippen molar-refractivity contribution >= 4 is 11.5 Å². The van der Waals surface area contributed by atoms with Gasteiger partial charge in [-0.1, -0.05) is 12.2 Å². The Morgan fingerprint density at radius 3 is 3.20 bits per heavy atom. The van der Waals surface area contributed by atoms with Gasteiger partial charge in [-0.15, -0.1) is 0 Å². The van der Waals surface area contributed by atoms with E-state index in [4.69, 9.17) is 0 Å². The van der Waals surface area contributed by atoms with Crippen molar-refractivity contribution in [1.82, 2.24) is 0 Å². The second-order valence-electron chi connectivity index (χ2n) is 2.40. The first-order chi connectivity index (χ1) is 4.88. The Morgan fingerprint density at radius 1 is 1.50 bits per heavy atom. The Labute approximate surface area is 59.0 Å². The fourth-order valence-electron chi connectivity index (χ4n) is 1.24. The summed E-state index contributed by atoms with van der Waals surface area (Å²) >= 11 is 0. The van der Waals surface area contributed by atoms with Gasteiger partial charge in [0.15, 0.2) is 0 Å². The number of carbonyl (C=O) groups excluding carboxylic acids is 1. The molecule has 0 aromatic heterocycles. The number of nitrogens with zero attached hydrogens (tertiary/aromatic N) is 1. The Kier molecular flexibility index (Phi) is 1.07. The predicted octanol–water partition coefficient (Wildman–Crippen LogP) is 0.896. The third kappa shape index (κ3) is 0.652. The lowest BCUT2D eigenvalue weighted by atomic mass is 10.0. The number of hydrogen-bond acceptors (Lipinski definition) is 2. The number of fused-ring (bicyclic) bond motifs is 1. The molecular weight excluding hydrogens is 126 g/mol. The summed E-state index contributed by atoms with van der Waals surface area (Å²) in [6.45, 7) is 0.786. The average molecular weight is 133 g/mol. The van der Waals surface area contributed by atoms with Crippen molar-refractivity contribution in [2.75, 3.05) is 6.54 Å². The topological polar surface area (TPSA) is 29.4 Å². The van der Waals surface area contributed by atoms with E-state index in [0.717, 1.165) is 18.5 Å². The Balaban J connectivity index is 2.48. The molecule has 1 heterocycles. The summed E-state index contributed by atoms with van der Waals surface area (Å²) in [6.07, 6.45) is 6.26. The second kappa shape index (κ2) is 1.90. The van der Waals surface area contributed by atoms with Gasteiger partial charge in [0.05, 0.1) is 0 Å². The standard InChI is InChI=1S/C8H7NO/c10-7-3-1-2-6-4-5-9-8(6)7/h1-3H,4-5H2. The maximum Gasteiger partial charge on any atom is 0.203 e. The lowest BCUT2D eigenvalue weighted by molar-refractivity contribution is -0.108. The number of hydrogen-bond donors (Lipinski definition) is 0. The van der Waals surface area contributed by atoms with Crippen LogP contribution in [0.15, 0.2) is 28.8 Å². The Bertz CT molecular complexity index is 271. The largest absolute Gasteiger partial charge is 0.288 e. The number of ketones is 1. The van der Waals surface area contributed by atoms with E-state index in [1.165, 1.54) is 0 Å². The molecule has 2 rings (SSSR count). The van der Waals surface area contributed by atoms with E-state index in [1.807, 2.05) is 6.08 Å². The van der Waals surface area contributed by atoms with Gasteiger partial charge >= 0.3 is 0 Å². The molecule has 1 aliphatic carbocycles. The number of allylic oxidation sites excluding steroid dienone is 3. The van der Waals surface area contributed by atoms with E-state index in [1.54, 1.807) is 12.2 Å². The molecule has 2 heteroatoms. The van der Waals surface area contributed by atoms with Crippen LogP contribution in [0.3, 0.4) is 0 Å². The van der Waals surface area contributed by atoms with Crippen LogP contribution in [0.2, 0.25) is 0 Å². The first-order valence-corrected chi connectivity index (χ1v) is 3.34. The third-order valence-corrected chi connectivity index (χ3v) is 1.73. The summed E-state index contributed by atoms with van der Waals surface area (Å²) in [5.41, 5.74) is 1.79. The zero-order chi connectivity index (χ0) is 6.97. The molecule has 0 aromatic carbocycles. The van der Waals surface area contributed by atoms with Crippen molar-refractivity contribution in [3.63, 3.8) is 0 Å². The summed E-state index contributed by atoms with van der Waals surface area (Å²) in [5.74, 6) is 0.0648. The van der Waals surface area contributed by atoms with Gasteiger partial charge in [-0.05, 0) is 18.1 Å². The molecule has 0 fully saturated rings. The van der Waals surface area contributed by atoms with Crippen molar-refractivity contribution in [3.05, 3.63) is 23.8 Å². The van der Waals surface area contributed by atoms with E-state index < -0.39 is 0 Å². The maximum absolute atomic E-state index is 11.0. The molecule has 2 nitrogen and oxygen atoms in total. The molecular formula is C8H7NO. The van der Waals surface area contributed by atoms with Crippen molar-refractivity contribution in [3.8, 4) is 0 Å². The summed E-state index contributed by atoms with van der Waals surface area (Å²) in [7, 11) is 0. The molecule has 1 aliphatic heterocycles. The van der Waals surface area contributed by atoms with Gasteiger partial charge in [0.2, 0.25) is 5.78 Å². The van der Waals surface area contributed by atoms with Crippen LogP contribution in [0.1, 0.15) is 6.42 Å². The van der Waals surface area contributed by atoms with Crippen molar-refractivity contribution in [2.24, 2.45) is 4.99 Å². The molecule has 0 unspecified atom stereocenters. The molecule has 0 amide bonds. The van der Waals surface area contributed by atoms with Crippen LogP contribution < -0.4 is 0 Å². The van der Waals surface area contributed by atoms with E-state index >= 15 is 0 Å². The maximum atomic E-state index is 11.0. The van der Waals surface area contributed by atoms with Crippen LogP contribution >= 0.6 is 0 Å². The highest BCUT2D eigenvalue weighted by molar-refractivity contribution is 6.51. The second-order valence-corrected chi connectivity index (χ2v) is 2.40. The van der Waals surface area contributed by atoms with Crippen LogP contribution in [0.25, 0.3) is 0 Å². The van der Waals surface area contributed by atoms with Gasteiger partial charge in [0.25, 0.3) is 0 Å². The van der Waals surface area contributed by atoms with Crippen molar-refractivity contribution in [2.45, 2.75) is 6.42 Å². The van der Waals surface area contributed by atoms with Crippen LogP contribution in [-0.4, -0.2) is 18.0 Å². The summed E-state index contributed by atoms with van der Waals surface area (Å²) in [4.78, 5) is 15.1. The summed E-state index contributed by atoms with van der Waals surface area (Å²) < 4.78 is 0. The first-order valence-electron chi connectivity index (χ1n) is 3.34. The fraction of sp³-hybridized carbons (Fsp3) is 0.250. The molecule has 0 atom stereocenters. The van der Waals surface area contributed by atoms with E-state index in [9.17, 15) is 4.79 Å². The number of carbonyl (C=O) groups is 1. The van der Waals surface area contributed by atoms with Gasteiger partial charge in [-0.25, -0.2) is 0 Å². The van der Waals surface area contributed by atoms with Crippen molar-refractivity contribution < 1.29 is 4.79 Å². The van der Waals surface area contributed by atoms with Gasteiger partial charge in [-0.3, -0.25) is 9.79 Å². The Hall–Kier alpha value is -1.18. The van der Waals surface area contributed by atoms with E-state index in [2.05, 4.69) is 4.99 Å². The fourth-order valence-corrected chi connectivity index (χ4v) is 1.24. The number of rotatable bonds is 0. The first kappa shape index (κ1) is 5.59. The average Bonchev–Trinajstić information content (AvgIpc) is 2.36. The Morgan fingerprint density at radius 2 is 2.40 bits per heavy atom. The van der Waals surface area contributed by atoms with Crippen LogP contribution in [0.5, 0.6) is 0 Å².